The Morgan fingerprint density at radius 2 is 1.84 bits per heavy atom. The lowest BCUT2D eigenvalue weighted by Crippen LogP contribution is -2.45. The van der Waals surface area contributed by atoms with Crippen LogP contribution in [-0.2, 0) is 6.54 Å². The van der Waals surface area contributed by atoms with E-state index in [-0.39, 0.29) is 11.5 Å². The number of rotatable bonds is 3. The second-order valence-electron chi connectivity index (χ2n) is 6.91. The molecule has 0 N–H and O–H groups in total. The van der Waals surface area contributed by atoms with E-state index < -0.39 is 11.4 Å². The Kier molecular flexibility index (Phi) is 4.49. The standard InChI is InChI=1S/C20H20FN3O/c1-20(2,3)24(13-16-8-4-5-9-22-16)19(25)17-12-15(21)11-14-7-6-10-23-18(14)17/h4-12H,13H2,1-3H3. The summed E-state index contributed by atoms with van der Waals surface area (Å²) >= 11 is 0. The zero-order chi connectivity index (χ0) is 18.0. The van der Waals surface area contributed by atoms with E-state index in [0.29, 0.717) is 17.4 Å². The maximum absolute atomic E-state index is 14.0. The highest BCUT2D eigenvalue weighted by Gasteiger charge is 2.29. The van der Waals surface area contributed by atoms with E-state index in [4.69, 9.17) is 0 Å². The van der Waals surface area contributed by atoms with Crippen molar-refractivity contribution >= 4 is 16.8 Å². The topological polar surface area (TPSA) is 46.1 Å². The molecule has 0 fully saturated rings. The van der Waals surface area contributed by atoms with Gasteiger partial charge in [0, 0.05) is 23.3 Å². The second kappa shape index (κ2) is 6.59. The molecule has 5 heteroatoms. The molecule has 128 valence electrons. The van der Waals surface area contributed by atoms with Crippen LogP contribution < -0.4 is 0 Å². The molecule has 3 aromatic rings. The van der Waals surface area contributed by atoms with Gasteiger partial charge in [-0.15, -0.1) is 0 Å². The zero-order valence-electron chi connectivity index (χ0n) is 14.5. The Balaban J connectivity index is 2.07. The summed E-state index contributed by atoms with van der Waals surface area (Å²) in [7, 11) is 0. The average Bonchev–Trinajstić information content (AvgIpc) is 2.58. The van der Waals surface area contributed by atoms with Gasteiger partial charge in [0.2, 0.25) is 0 Å². The fourth-order valence-corrected chi connectivity index (χ4v) is 2.73. The molecule has 0 aliphatic carbocycles. The lowest BCUT2D eigenvalue weighted by atomic mass is 10.0. The number of hydrogen-bond acceptors (Lipinski definition) is 3. The van der Waals surface area contributed by atoms with Gasteiger partial charge in [-0.25, -0.2) is 4.39 Å². The van der Waals surface area contributed by atoms with Crippen LogP contribution in [0, 0.1) is 5.82 Å². The third-order valence-corrected chi connectivity index (χ3v) is 4.00. The van der Waals surface area contributed by atoms with Gasteiger partial charge in [-0.2, -0.15) is 0 Å². The van der Waals surface area contributed by atoms with E-state index >= 15 is 0 Å². The minimum Gasteiger partial charge on any atom is -0.328 e. The number of aromatic nitrogens is 2. The van der Waals surface area contributed by atoms with Crippen molar-refractivity contribution in [3.63, 3.8) is 0 Å². The van der Waals surface area contributed by atoms with Crippen molar-refractivity contribution < 1.29 is 9.18 Å². The number of carbonyl (C=O) groups is 1. The van der Waals surface area contributed by atoms with E-state index in [1.165, 1.54) is 12.1 Å². The minimum absolute atomic E-state index is 0.263. The first-order chi connectivity index (χ1) is 11.9. The summed E-state index contributed by atoms with van der Waals surface area (Å²) in [5.41, 5.74) is 1.09. The number of fused-ring (bicyclic) bond motifs is 1. The van der Waals surface area contributed by atoms with Gasteiger partial charge in [0.1, 0.15) is 5.82 Å². The fraction of sp³-hybridized carbons (Fsp3) is 0.250. The molecule has 3 rings (SSSR count). The van der Waals surface area contributed by atoms with Crippen molar-refractivity contribution in [2.24, 2.45) is 0 Å². The molecule has 0 radical (unpaired) electrons. The Morgan fingerprint density at radius 3 is 2.52 bits per heavy atom. The van der Waals surface area contributed by atoms with E-state index in [2.05, 4.69) is 9.97 Å². The molecule has 0 saturated carbocycles. The van der Waals surface area contributed by atoms with E-state index in [0.717, 1.165) is 5.69 Å². The first kappa shape index (κ1) is 17.0. The maximum Gasteiger partial charge on any atom is 0.256 e. The van der Waals surface area contributed by atoms with Crippen molar-refractivity contribution in [2.45, 2.75) is 32.9 Å². The number of halogens is 1. The van der Waals surface area contributed by atoms with Crippen LogP contribution in [0.5, 0.6) is 0 Å². The van der Waals surface area contributed by atoms with Crippen molar-refractivity contribution in [1.82, 2.24) is 14.9 Å². The van der Waals surface area contributed by atoms with Gasteiger partial charge >= 0.3 is 0 Å². The molecule has 0 spiro atoms. The highest BCUT2D eigenvalue weighted by atomic mass is 19.1. The predicted molar refractivity (Wildman–Crippen MR) is 95.6 cm³/mol. The van der Waals surface area contributed by atoms with Crippen molar-refractivity contribution in [3.05, 3.63) is 71.9 Å². The quantitative estimate of drug-likeness (QED) is 0.719. The molecule has 0 bridgehead atoms. The third-order valence-electron chi connectivity index (χ3n) is 4.00. The van der Waals surface area contributed by atoms with Crippen molar-refractivity contribution in [1.29, 1.82) is 0 Å². The van der Waals surface area contributed by atoms with Crippen molar-refractivity contribution in [3.8, 4) is 0 Å². The van der Waals surface area contributed by atoms with Crippen LogP contribution in [0.1, 0.15) is 36.8 Å². The zero-order valence-corrected chi connectivity index (χ0v) is 14.5. The number of amides is 1. The summed E-state index contributed by atoms with van der Waals surface area (Å²) in [6.07, 6.45) is 3.30. The summed E-state index contributed by atoms with van der Waals surface area (Å²) in [5, 5.41) is 0.609. The number of hydrogen-bond donors (Lipinski definition) is 0. The minimum atomic E-state index is -0.456. The van der Waals surface area contributed by atoms with Gasteiger partial charge in [-0.3, -0.25) is 14.8 Å². The summed E-state index contributed by atoms with van der Waals surface area (Å²) < 4.78 is 14.0. The van der Waals surface area contributed by atoms with E-state index in [1.54, 1.807) is 29.4 Å². The fourth-order valence-electron chi connectivity index (χ4n) is 2.73. The summed E-state index contributed by atoms with van der Waals surface area (Å²) in [5.74, 6) is -0.711. The van der Waals surface area contributed by atoms with Gasteiger partial charge in [0.25, 0.3) is 5.91 Å². The molecule has 0 atom stereocenters. The molecule has 0 aliphatic heterocycles. The van der Waals surface area contributed by atoms with E-state index in [9.17, 15) is 9.18 Å². The Labute approximate surface area is 146 Å². The summed E-state index contributed by atoms with van der Waals surface area (Å²) in [4.78, 5) is 23.5. The highest BCUT2D eigenvalue weighted by Crippen LogP contribution is 2.25. The SMILES string of the molecule is CC(C)(C)N(Cc1ccccn1)C(=O)c1cc(F)cc2cccnc12. The van der Waals surface area contributed by atoms with Gasteiger partial charge in [-0.1, -0.05) is 12.1 Å². The first-order valence-electron chi connectivity index (χ1n) is 8.12. The molecule has 4 nitrogen and oxygen atoms in total. The molecular formula is C20H20FN3O. The van der Waals surface area contributed by atoms with Crippen LogP contribution >= 0.6 is 0 Å². The van der Waals surface area contributed by atoms with Crippen LogP contribution in [0.15, 0.2) is 54.9 Å². The molecular weight excluding hydrogens is 317 g/mol. The number of pyridine rings is 2. The lowest BCUT2D eigenvalue weighted by molar-refractivity contribution is 0.0556. The van der Waals surface area contributed by atoms with Crippen LogP contribution in [0.25, 0.3) is 10.9 Å². The molecule has 0 saturated heterocycles. The molecule has 1 amide bonds. The van der Waals surface area contributed by atoms with Gasteiger partial charge in [0.15, 0.2) is 0 Å². The maximum atomic E-state index is 14.0. The van der Waals surface area contributed by atoms with Crippen molar-refractivity contribution in [2.75, 3.05) is 0 Å². The Bertz CT molecular complexity index is 904. The van der Waals surface area contributed by atoms with Gasteiger partial charge in [-0.05, 0) is 51.1 Å². The average molecular weight is 337 g/mol. The van der Waals surface area contributed by atoms with Gasteiger partial charge < -0.3 is 4.90 Å². The first-order valence-corrected chi connectivity index (χ1v) is 8.12. The molecule has 25 heavy (non-hydrogen) atoms. The molecule has 2 aromatic heterocycles. The lowest BCUT2D eigenvalue weighted by Gasteiger charge is -2.35. The van der Waals surface area contributed by atoms with Crippen LogP contribution in [0.4, 0.5) is 4.39 Å². The normalized spacial score (nSPS) is 11.5. The number of nitrogens with zero attached hydrogens (tertiary/aromatic N) is 3. The largest absolute Gasteiger partial charge is 0.328 e. The molecule has 0 aliphatic rings. The van der Waals surface area contributed by atoms with Gasteiger partial charge in [0.05, 0.1) is 23.3 Å². The van der Waals surface area contributed by atoms with Crippen LogP contribution in [-0.4, -0.2) is 26.3 Å². The van der Waals surface area contributed by atoms with Crippen LogP contribution in [0.2, 0.25) is 0 Å². The Morgan fingerprint density at radius 1 is 1.08 bits per heavy atom. The number of benzene rings is 1. The molecule has 2 heterocycles. The predicted octanol–water partition coefficient (Wildman–Crippen LogP) is 4.21. The Hall–Kier alpha value is -2.82. The molecule has 1 aromatic carbocycles. The van der Waals surface area contributed by atoms with Crippen LogP contribution in [0.3, 0.4) is 0 Å². The molecule has 0 unspecified atom stereocenters. The smallest absolute Gasteiger partial charge is 0.256 e. The highest BCUT2D eigenvalue weighted by molar-refractivity contribution is 6.05. The summed E-state index contributed by atoms with van der Waals surface area (Å²) in [6.45, 7) is 6.18. The summed E-state index contributed by atoms with van der Waals surface area (Å²) in [6, 6.07) is 11.7. The third kappa shape index (κ3) is 3.65. The second-order valence-corrected chi connectivity index (χ2v) is 6.91. The monoisotopic (exact) mass is 337 g/mol. The number of carbonyl (C=O) groups excluding carboxylic acids is 1. The van der Waals surface area contributed by atoms with E-state index in [1.807, 2.05) is 39.0 Å².